The number of anilines is 1. The van der Waals surface area contributed by atoms with E-state index in [0.717, 1.165) is 18.7 Å². The van der Waals surface area contributed by atoms with E-state index >= 15 is 0 Å². The van der Waals surface area contributed by atoms with Crippen LogP contribution in [0.15, 0.2) is 35.3 Å². The number of hydrogen-bond acceptors (Lipinski definition) is 2. The number of halogens is 1. The second-order valence-corrected chi connectivity index (χ2v) is 6.20. The van der Waals surface area contributed by atoms with Crippen molar-refractivity contribution in [3.05, 3.63) is 30.3 Å². The lowest BCUT2D eigenvalue weighted by atomic mass is 10.0. The van der Waals surface area contributed by atoms with Crippen molar-refractivity contribution in [2.45, 2.75) is 40.2 Å². The molecule has 0 aromatic heterocycles. The predicted molar refractivity (Wildman–Crippen MR) is 108 cm³/mol. The summed E-state index contributed by atoms with van der Waals surface area (Å²) in [5, 5.41) is 6.69. The summed E-state index contributed by atoms with van der Waals surface area (Å²) < 4.78 is 0. The highest BCUT2D eigenvalue weighted by Gasteiger charge is 2.12. The maximum absolute atomic E-state index is 5.91. The van der Waals surface area contributed by atoms with Crippen molar-refractivity contribution in [2.75, 3.05) is 18.4 Å². The molecule has 0 spiro atoms. The van der Waals surface area contributed by atoms with Gasteiger partial charge in [-0.25, -0.2) is 0 Å². The van der Waals surface area contributed by atoms with Crippen LogP contribution in [0.25, 0.3) is 0 Å². The first kappa shape index (κ1) is 21.0. The summed E-state index contributed by atoms with van der Waals surface area (Å²) in [6.07, 6.45) is 1.10. The lowest BCUT2D eigenvalue weighted by molar-refractivity contribution is 0.530. The van der Waals surface area contributed by atoms with Gasteiger partial charge in [-0.1, -0.05) is 45.9 Å². The fourth-order valence-corrected chi connectivity index (χ4v) is 1.91. The van der Waals surface area contributed by atoms with E-state index in [2.05, 4.69) is 55.5 Å². The van der Waals surface area contributed by atoms with E-state index in [1.54, 1.807) is 0 Å². The number of hydrogen-bond donors (Lipinski definition) is 3. The quantitative estimate of drug-likeness (QED) is 0.343. The van der Waals surface area contributed by atoms with Crippen molar-refractivity contribution in [1.29, 1.82) is 0 Å². The van der Waals surface area contributed by atoms with Crippen LogP contribution in [0.1, 0.15) is 34.1 Å². The Labute approximate surface area is 152 Å². The Morgan fingerprint density at radius 1 is 1.14 bits per heavy atom. The zero-order chi connectivity index (χ0) is 15.7. The van der Waals surface area contributed by atoms with E-state index in [1.165, 1.54) is 0 Å². The Hall–Kier alpha value is -0.980. The van der Waals surface area contributed by atoms with Gasteiger partial charge in [-0.15, -0.1) is 24.0 Å². The lowest BCUT2D eigenvalue weighted by Crippen LogP contribution is -2.36. The SMILES string of the molecule is CC(C)CCNC(N)=NCC(Nc1ccccc1)C(C)C.I. The molecule has 0 fully saturated rings. The fourth-order valence-electron chi connectivity index (χ4n) is 1.91. The van der Waals surface area contributed by atoms with Gasteiger partial charge in [0.05, 0.1) is 6.54 Å². The Balaban J connectivity index is 0.00000441. The normalized spacial score (nSPS) is 12.9. The number of nitrogens with zero attached hydrogens (tertiary/aromatic N) is 1. The number of para-hydroxylation sites is 1. The minimum Gasteiger partial charge on any atom is -0.380 e. The second kappa shape index (κ2) is 11.6. The Kier molecular flexibility index (Phi) is 11.1. The molecule has 0 bridgehead atoms. The minimum absolute atomic E-state index is 0. The van der Waals surface area contributed by atoms with Crippen LogP contribution in [-0.2, 0) is 0 Å². The first-order valence-corrected chi connectivity index (χ1v) is 7.84. The average molecular weight is 418 g/mol. The van der Waals surface area contributed by atoms with Crippen molar-refractivity contribution in [3.8, 4) is 0 Å². The number of rotatable bonds is 8. The number of aliphatic imine (C=N–C) groups is 1. The molecule has 4 N–H and O–H groups in total. The van der Waals surface area contributed by atoms with Crippen molar-refractivity contribution in [2.24, 2.45) is 22.6 Å². The Morgan fingerprint density at radius 3 is 2.32 bits per heavy atom. The summed E-state index contributed by atoms with van der Waals surface area (Å²) in [6, 6.07) is 10.5. The fraction of sp³-hybridized carbons (Fsp3) is 0.588. The molecule has 0 radical (unpaired) electrons. The summed E-state index contributed by atoms with van der Waals surface area (Å²) in [5.41, 5.74) is 7.04. The van der Waals surface area contributed by atoms with Gasteiger partial charge in [0.25, 0.3) is 0 Å². The molecule has 0 aliphatic carbocycles. The van der Waals surface area contributed by atoms with Crippen molar-refractivity contribution in [1.82, 2.24) is 5.32 Å². The van der Waals surface area contributed by atoms with Gasteiger partial charge in [0.2, 0.25) is 0 Å². The maximum Gasteiger partial charge on any atom is 0.188 e. The molecule has 5 heteroatoms. The zero-order valence-electron chi connectivity index (χ0n) is 14.2. The molecule has 0 saturated carbocycles. The highest BCUT2D eigenvalue weighted by Crippen LogP contribution is 2.12. The van der Waals surface area contributed by atoms with Gasteiger partial charge in [0, 0.05) is 18.3 Å². The van der Waals surface area contributed by atoms with Crippen LogP contribution in [0, 0.1) is 11.8 Å². The minimum atomic E-state index is 0. The smallest absolute Gasteiger partial charge is 0.188 e. The van der Waals surface area contributed by atoms with Gasteiger partial charge in [-0.2, -0.15) is 0 Å². The lowest BCUT2D eigenvalue weighted by Gasteiger charge is -2.22. The van der Waals surface area contributed by atoms with Gasteiger partial charge in [-0.3, -0.25) is 4.99 Å². The topological polar surface area (TPSA) is 62.4 Å². The standard InChI is InChI=1S/C17H30N4.HI/c1-13(2)10-11-19-17(18)20-12-16(14(3)4)21-15-8-6-5-7-9-15;/h5-9,13-14,16,21H,10-12H2,1-4H3,(H3,18,19,20);1H. The molecule has 22 heavy (non-hydrogen) atoms. The highest BCUT2D eigenvalue weighted by molar-refractivity contribution is 14.0. The summed E-state index contributed by atoms with van der Waals surface area (Å²) in [4.78, 5) is 4.46. The molecule has 1 atom stereocenters. The summed E-state index contributed by atoms with van der Waals surface area (Å²) >= 11 is 0. The third-order valence-corrected chi connectivity index (χ3v) is 3.42. The van der Waals surface area contributed by atoms with Crippen molar-refractivity contribution < 1.29 is 0 Å². The van der Waals surface area contributed by atoms with Gasteiger partial charge < -0.3 is 16.4 Å². The monoisotopic (exact) mass is 418 g/mol. The Bertz CT molecular complexity index is 418. The molecule has 0 amide bonds. The van der Waals surface area contributed by atoms with Crippen LogP contribution in [0.5, 0.6) is 0 Å². The first-order chi connectivity index (χ1) is 9.99. The summed E-state index contributed by atoms with van der Waals surface area (Å²) in [6.45, 7) is 10.3. The summed E-state index contributed by atoms with van der Waals surface area (Å²) in [5.74, 6) is 1.70. The van der Waals surface area contributed by atoms with Gasteiger partial charge in [0.15, 0.2) is 5.96 Å². The molecule has 0 aliphatic rings. The molecular formula is C17H31IN4. The maximum atomic E-state index is 5.91. The van der Waals surface area contributed by atoms with Crippen LogP contribution >= 0.6 is 24.0 Å². The number of guanidine groups is 1. The Morgan fingerprint density at radius 2 is 1.77 bits per heavy atom. The molecule has 0 saturated heterocycles. The van der Waals surface area contributed by atoms with E-state index < -0.39 is 0 Å². The molecule has 0 aliphatic heterocycles. The molecule has 126 valence electrons. The van der Waals surface area contributed by atoms with Crippen molar-refractivity contribution in [3.63, 3.8) is 0 Å². The predicted octanol–water partition coefficient (Wildman–Crippen LogP) is 3.69. The summed E-state index contributed by atoms with van der Waals surface area (Å²) in [7, 11) is 0. The molecule has 1 unspecified atom stereocenters. The third kappa shape index (κ3) is 9.12. The van der Waals surface area contributed by atoms with Crippen LogP contribution in [0.2, 0.25) is 0 Å². The van der Waals surface area contributed by atoms with Gasteiger partial charge in [0.1, 0.15) is 0 Å². The van der Waals surface area contributed by atoms with Gasteiger partial charge in [-0.05, 0) is 30.4 Å². The largest absolute Gasteiger partial charge is 0.380 e. The van der Waals surface area contributed by atoms with Crippen LogP contribution in [-0.4, -0.2) is 25.1 Å². The molecule has 1 aromatic carbocycles. The highest BCUT2D eigenvalue weighted by atomic mass is 127. The van der Waals surface area contributed by atoms with E-state index in [9.17, 15) is 0 Å². The van der Waals surface area contributed by atoms with Gasteiger partial charge >= 0.3 is 0 Å². The van der Waals surface area contributed by atoms with E-state index in [-0.39, 0.29) is 30.0 Å². The average Bonchev–Trinajstić information content (AvgIpc) is 2.43. The third-order valence-electron chi connectivity index (χ3n) is 3.42. The zero-order valence-corrected chi connectivity index (χ0v) is 16.5. The van der Waals surface area contributed by atoms with Crippen molar-refractivity contribution >= 4 is 35.6 Å². The molecule has 4 nitrogen and oxygen atoms in total. The van der Waals surface area contributed by atoms with E-state index in [0.29, 0.717) is 24.3 Å². The molecular weight excluding hydrogens is 387 g/mol. The number of benzene rings is 1. The van der Waals surface area contributed by atoms with E-state index in [1.807, 2.05) is 18.2 Å². The number of nitrogens with two attached hydrogens (primary N) is 1. The molecule has 0 heterocycles. The van der Waals surface area contributed by atoms with Crippen LogP contribution in [0.3, 0.4) is 0 Å². The number of nitrogens with one attached hydrogen (secondary N) is 2. The van der Waals surface area contributed by atoms with E-state index in [4.69, 9.17) is 5.73 Å². The first-order valence-electron chi connectivity index (χ1n) is 7.84. The van der Waals surface area contributed by atoms with Crippen LogP contribution < -0.4 is 16.4 Å². The van der Waals surface area contributed by atoms with Crippen LogP contribution in [0.4, 0.5) is 5.69 Å². The molecule has 1 aromatic rings. The second-order valence-electron chi connectivity index (χ2n) is 6.20. The molecule has 1 rings (SSSR count).